The molecule has 0 atom stereocenters. The Morgan fingerprint density at radius 2 is 1.53 bits per heavy atom. The standard InChI is InChI=1S/C10H4N2O5/c13-7-8(14)17-10(16-7)9(15)11-5-3-1-2-4-6(5)12-10/h1-4H. The highest BCUT2D eigenvalue weighted by Crippen LogP contribution is 2.24. The van der Waals surface area contributed by atoms with Crippen LogP contribution in [-0.4, -0.2) is 23.8 Å². The fourth-order valence-electron chi connectivity index (χ4n) is 1.53. The van der Waals surface area contributed by atoms with Gasteiger partial charge in [-0.3, -0.25) is 4.79 Å². The summed E-state index contributed by atoms with van der Waals surface area (Å²) < 4.78 is 9.10. The van der Waals surface area contributed by atoms with Crippen molar-refractivity contribution in [1.82, 2.24) is 0 Å². The first kappa shape index (κ1) is 9.64. The molecule has 7 nitrogen and oxygen atoms in total. The average Bonchev–Trinajstić information content (AvgIpc) is 2.57. The Morgan fingerprint density at radius 3 is 2.18 bits per heavy atom. The molecular formula is C10H4N2O5. The lowest BCUT2D eigenvalue weighted by atomic mass is 10.3. The maximum absolute atomic E-state index is 11.7. The second kappa shape index (κ2) is 2.97. The number of nitrogens with zero attached hydrogens (tertiary/aromatic N) is 2. The number of benzene rings is 1. The summed E-state index contributed by atoms with van der Waals surface area (Å²) in [5.74, 6) is -5.70. The summed E-state index contributed by atoms with van der Waals surface area (Å²) >= 11 is 0. The predicted molar refractivity (Wildman–Crippen MR) is 48.7 cm³/mol. The number of carbonyl (C=O) groups excluding carboxylic acids is 3. The topological polar surface area (TPSA) is 94.4 Å². The zero-order valence-corrected chi connectivity index (χ0v) is 8.25. The van der Waals surface area contributed by atoms with Crippen LogP contribution in [0.4, 0.5) is 0 Å². The van der Waals surface area contributed by atoms with Crippen LogP contribution < -0.4 is 10.7 Å². The molecule has 1 aromatic rings. The molecule has 1 amide bonds. The molecule has 84 valence electrons. The van der Waals surface area contributed by atoms with E-state index in [9.17, 15) is 14.4 Å². The fraction of sp³-hybridized carbons (Fsp3) is 0.100. The minimum atomic E-state index is -2.26. The summed E-state index contributed by atoms with van der Waals surface area (Å²) in [6.45, 7) is 0. The summed E-state index contributed by atoms with van der Waals surface area (Å²) in [5.41, 5.74) is 0. The summed E-state index contributed by atoms with van der Waals surface area (Å²) in [7, 11) is 0. The lowest BCUT2D eigenvalue weighted by Crippen LogP contribution is -2.47. The first-order valence-electron chi connectivity index (χ1n) is 4.65. The molecule has 0 aliphatic carbocycles. The Morgan fingerprint density at radius 1 is 0.941 bits per heavy atom. The number of para-hydroxylation sites is 2. The van der Waals surface area contributed by atoms with E-state index in [0.29, 0.717) is 10.7 Å². The lowest BCUT2D eigenvalue weighted by Gasteiger charge is -2.17. The molecule has 0 saturated carbocycles. The predicted octanol–water partition coefficient (Wildman–Crippen LogP) is -1.78. The highest BCUT2D eigenvalue weighted by atomic mass is 16.8. The second-order valence-electron chi connectivity index (χ2n) is 3.38. The number of carbonyl (C=O) groups is 3. The van der Waals surface area contributed by atoms with Gasteiger partial charge in [0.1, 0.15) is 0 Å². The van der Waals surface area contributed by atoms with Crippen LogP contribution in [0.2, 0.25) is 0 Å². The van der Waals surface area contributed by atoms with Gasteiger partial charge in [-0.15, -0.1) is 0 Å². The molecule has 0 N–H and O–H groups in total. The summed E-state index contributed by atoms with van der Waals surface area (Å²) in [4.78, 5) is 41.1. The Kier molecular flexibility index (Phi) is 1.68. The van der Waals surface area contributed by atoms with Gasteiger partial charge >= 0.3 is 23.8 Å². The van der Waals surface area contributed by atoms with Crippen molar-refractivity contribution in [2.75, 3.05) is 0 Å². The van der Waals surface area contributed by atoms with E-state index >= 15 is 0 Å². The Hall–Kier alpha value is -2.57. The minimum absolute atomic E-state index is 0.314. The van der Waals surface area contributed by atoms with Crippen molar-refractivity contribution in [3.63, 3.8) is 0 Å². The third-order valence-corrected chi connectivity index (χ3v) is 2.27. The van der Waals surface area contributed by atoms with Crippen LogP contribution in [0, 0.1) is 0 Å². The number of hydrogen-bond donors (Lipinski definition) is 0. The van der Waals surface area contributed by atoms with Gasteiger partial charge in [0.15, 0.2) is 0 Å². The molecule has 2 aliphatic rings. The zero-order chi connectivity index (χ0) is 12.0. The summed E-state index contributed by atoms with van der Waals surface area (Å²) in [5, 5.41) is 0.650. The third-order valence-electron chi connectivity index (χ3n) is 2.27. The van der Waals surface area contributed by atoms with Crippen molar-refractivity contribution >= 4 is 17.8 Å². The minimum Gasteiger partial charge on any atom is -0.386 e. The molecule has 1 saturated heterocycles. The third kappa shape index (κ3) is 1.25. The molecule has 1 aromatic carbocycles. The summed E-state index contributed by atoms with van der Waals surface area (Å²) in [6, 6.07) is 6.48. The van der Waals surface area contributed by atoms with Gasteiger partial charge in [-0.2, -0.15) is 4.99 Å². The van der Waals surface area contributed by atoms with Crippen LogP contribution in [0.3, 0.4) is 0 Å². The normalized spacial score (nSPS) is 20.1. The largest absolute Gasteiger partial charge is 0.448 e. The van der Waals surface area contributed by atoms with Crippen molar-refractivity contribution < 1.29 is 23.9 Å². The molecule has 0 radical (unpaired) electrons. The molecule has 2 aliphatic heterocycles. The molecule has 17 heavy (non-hydrogen) atoms. The van der Waals surface area contributed by atoms with Gasteiger partial charge in [0.05, 0.1) is 10.7 Å². The van der Waals surface area contributed by atoms with Crippen molar-refractivity contribution in [3.05, 3.63) is 35.0 Å². The highest BCUT2D eigenvalue weighted by molar-refractivity contribution is 6.32. The quantitative estimate of drug-likeness (QED) is 0.389. The number of hydrogen-bond acceptors (Lipinski definition) is 6. The van der Waals surface area contributed by atoms with Gasteiger partial charge in [0.25, 0.3) is 0 Å². The van der Waals surface area contributed by atoms with Crippen LogP contribution in [0.25, 0.3) is 0 Å². The molecule has 1 spiro atoms. The second-order valence-corrected chi connectivity index (χ2v) is 3.38. The molecule has 1 fully saturated rings. The Labute approximate surface area is 93.4 Å². The molecule has 2 heterocycles. The van der Waals surface area contributed by atoms with E-state index < -0.39 is 23.8 Å². The van der Waals surface area contributed by atoms with Crippen LogP contribution in [0.15, 0.2) is 34.3 Å². The van der Waals surface area contributed by atoms with E-state index in [-0.39, 0.29) is 0 Å². The van der Waals surface area contributed by atoms with Gasteiger partial charge in [-0.1, -0.05) is 12.1 Å². The van der Waals surface area contributed by atoms with E-state index in [1.54, 1.807) is 24.3 Å². The summed E-state index contributed by atoms with van der Waals surface area (Å²) in [6.07, 6.45) is 0. The number of esters is 2. The number of ether oxygens (including phenoxy) is 2. The molecule has 3 rings (SSSR count). The molecule has 7 heteroatoms. The molecule has 0 aromatic heterocycles. The van der Waals surface area contributed by atoms with Gasteiger partial charge in [0, 0.05) is 0 Å². The first-order valence-corrected chi connectivity index (χ1v) is 4.65. The van der Waals surface area contributed by atoms with Crippen molar-refractivity contribution in [3.8, 4) is 0 Å². The highest BCUT2D eigenvalue weighted by Gasteiger charge is 2.56. The number of rotatable bonds is 0. The molecular weight excluding hydrogens is 228 g/mol. The van der Waals surface area contributed by atoms with Gasteiger partial charge in [0.2, 0.25) is 0 Å². The van der Waals surface area contributed by atoms with Crippen LogP contribution in [0.5, 0.6) is 0 Å². The average molecular weight is 232 g/mol. The maximum Gasteiger partial charge on any atom is 0.448 e. The fourth-order valence-corrected chi connectivity index (χ4v) is 1.53. The first-order chi connectivity index (χ1) is 8.11. The number of fused-ring (bicyclic) bond motifs is 1. The van der Waals surface area contributed by atoms with Gasteiger partial charge in [-0.05, 0) is 12.1 Å². The van der Waals surface area contributed by atoms with Crippen molar-refractivity contribution in [2.45, 2.75) is 5.91 Å². The van der Waals surface area contributed by atoms with E-state index in [1.807, 2.05) is 0 Å². The van der Waals surface area contributed by atoms with Crippen LogP contribution >= 0.6 is 0 Å². The van der Waals surface area contributed by atoms with E-state index in [4.69, 9.17) is 0 Å². The zero-order valence-electron chi connectivity index (χ0n) is 8.25. The molecule has 0 unspecified atom stereocenters. The van der Waals surface area contributed by atoms with Crippen molar-refractivity contribution in [1.29, 1.82) is 0 Å². The van der Waals surface area contributed by atoms with Gasteiger partial charge in [-0.25, -0.2) is 14.6 Å². The van der Waals surface area contributed by atoms with E-state index in [0.717, 1.165) is 0 Å². The van der Waals surface area contributed by atoms with E-state index in [1.165, 1.54) is 0 Å². The van der Waals surface area contributed by atoms with E-state index in [2.05, 4.69) is 19.5 Å². The van der Waals surface area contributed by atoms with Gasteiger partial charge < -0.3 is 9.47 Å². The van der Waals surface area contributed by atoms with Crippen molar-refractivity contribution in [2.24, 2.45) is 9.98 Å². The van der Waals surface area contributed by atoms with Crippen LogP contribution in [-0.2, 0) is 23.9 Å². The monoisotopic (exact) mass is 232 g/mol. The molecule has 0 bridgehead atoms. The van der Waals surface area contributed by atoms with Crippen LogP contribution in [0.1, 0.15) is 0 Å². The SMILES string of the molecule is O=C1OC2(N=c3ccccc3=NC2=O)OC1=O. The Balaban J connectivity index is 2.24. The maximum atomic E-state index is 11.7. The smallest absolute Gasteiger partial charge is 0.386 e. The Bertz CT molecular complexity index is 662. The lowest BCUT2D eigenvalue weighted by molar-refractivity contribution is -0.186. The number of amides is 1.